The third kappa shape index (κ3) is 3.76. The number of rotatable bonds is 7. The van der Waals surface area contributed by atoms with E-state index >= 15 is 0 Å². The van der Waals surface area contributed by atoms with Gasteiger partial charge in [-0.1, -0.05) is 5.21 Å². The summed E-state index contributed by atoms with van der Waals surface area (Å²) in [5.41, 5.74) is 7.00. The van der Waals surface area contributed by atoms with Crippen LogP contribution in [-0.4, -0.2) is 40.7 Å². The molecule has 112 valence electrons. The number of halogens is 1. The van der Waals surface area contributed by atoms with E-state index in [4.69, 9.17) is 10.5 Å². The molecule has 0 saturated carbocycles. The first-order valence-corrected chi connectivity index (χ1v) is 6.36. The van der Waals surface area contributed by atoms with Crippen LogP contribution < -0.4 is 11.1 Å². The van der Waals surface area contributed by atoms with Gasteiger partial charge in [0.25, 0.3) is 6.47 Å². The molecule has 0 aliphatic heterocycles. The van der Waals surface area contributed by atoms with Gasteiger partial charge in [0.05, 0.1) is 18.4 Å². The summed E-state index contributed by atoms with van der Waals surface area (Å²) in [6.45, 7) is 2.61. The van der Waals surface area contributed by atoms with Gasteiger partial charge in [0, 0.05) is 12.2 Å². The lowest BCUT2D eigenvalue weighted by Crippen LogP contribution is -2.30. The second-order valence-electron chi connectivity index (χ2n) is 4.44. The Hall–Kier alpha value is -2.48. The zero-order valence-electron chi connectivity index (χ0n) is 11.5. The Kier molecular flexibility index (Phi) is 4.83. The van der Waals surface area contributed by atoms with Crippen LogP contribution in [0.1, 0.15) is 5.69 Å². The number of hydrogen-bond donors (Lipinski definition) is 2. The predicted octanol–water partition coefficient (Wildman–Crippen LogP) is 0.627. The van der Waals surface area contributed by atoms with Crippen molar-refractivity contribution in [1.29, 1.82) is 0 Å². The van der Waals surface area contributed by atoms with E-state index in [0.717, 1.165) is 0 Å². The van der Waals surface area contributed by atoms with Crippen molar-refractivity contribution in [2.45, 2.75) is 13.0 Å². The average molecular weight is 293 g/mol. The summed E-state index contributed by atoms with van der Waals surface area (Å²) in [4.78, 5) is 10.3. The molecule has 0 aliphatic rings. The van der Waals surface area contributed by atoms with Crippen LogP contribution in [0.4, 0.5) is 10.1 Å². The maximum atomic E-state index is 14.1. The maximum absolute atomic E-state index is 14.1. The van der Waals surface area contributed by atoms with Crippen LogP contribution in [0.2, 0.25) is 0 Å². The van der Waals surface area contributed by atoms with E-state index < -0.39 is 11.9 Å². The third-order valence-electron chi connectivity index (χ3n) is 2.85. The number of ether oxygens (including phenoxy) is 1. The molecule has 21 heavy (non-hydrogen) atoms. The minimum atomic E-state index is -0.455. The average Bonchev–Trinajstić information content (AvgIpc) is 2.90. The van der Waals surface area contributed by atoms with Crippen LogP contribution in [0.25, 0.3) is 5.69 Å². The van der Waals surface area contributed by atoms with Gasteiger partial charge in [-0.2, -0.15) is 0 Å². The van der Waals surface area contributed by atoms with Gasteiger partial charge in [-0.15, -0.1) is 5.10 Å². The summed E-state index contributed by atoms with van der Waals surface area (Å²) < 4.78 is 20.2. The number of anilines is 1. The van der Waals surface area contributed by atoms with E-state index in [1.165, 1.54) is 10.7 Å². The van der Waals surface area contributed by atoms with Gasteiger partial charge in [0.2, 0.25) is 0 Å². The number of aromatic nitrogens is 3. The minimum Gasteiger partial charge on any atom is -0.461 e. The van der Waals surface area contributed by atoms with Crippen molar-refractivity contribution in [3.05, 3.63) is 35.9 Å². The van der Waals surface area contributed by atoms with Crippen molar-refractivity contribution in [3.8, 4) is 5.69 Å². The molecule has 0 bridgehead atoms. The number of aryl methyl sites for hydroxylation is 1. The maximum Gasteiger partial charge on any atom is 0.293 e. The lowest BCUT2D eigenvalue weighted by molar-refractivity contribution is -0.132. The Morgan fingerprint density at radius 2 is 2.38 bits per heavy atom. The van der Waals surface area contributed by atoms with Gasteiger partial charge in [0.1, 0.15) is 11.8 Å². The number of nitrogens with two attached hydrogens (primary N) is 1. The van der Waals surface area contributed by atoms with Crippen molar-refractivity contribution in [3.63, 3.8) is 0 Å². The highest BCUT2D eigenvalue weighted by molar-refractivity contribution is 5.49. The molecule has 1 heterocycles. The molecule has 3 N–H and O–H groups in total. The summed E-state index contributed by atoms with van der Waals surface area (Å²) in [7, 11) is 0. The Bertz CT molecular complexity index is 616. The molecule has 7 nitrogen and oxygen atoms in total. The monoisotopic (exact) mass is 293 g/mol. The third-order valence-corrected chi connectivity index (χ3v) is 2.85. The molecule has 0 aliphatic carbocycles. The van der Waals surface area contributed by atoms with Crippen LogP contribution in [0, 0.1) is 12.7 Å². The fourth-order valence-electron chi connectivity index (χ4n) is 1.76. The quantitative estimate of drug-likeness (QED) is 0.727. The highest BCUT2D eigenvalue weighted by atomic mass is 19.1. The van der Waals surface area contributed by atoms with Gasteiger partial charge in [0.15, 0.2) is 5.82 Å². The summed E-state index contributed by atoms with van der Waals surface area (Å²) in [5.74, 6) is -0.439. The topological polar surface area (TPSA) is 95.1 Å². The summed E-state index contributed by atoms with van der Waals surface area (Å²) >= 11 is 0. The normalized spacial score (nSPS) is 12.0. The largest absolute Gasteiger partial charge is 0.461 e. The summed E-state index contributed by atoms with van der Waals surface area (Å²) in [6, 6.07) is 4.62. The fourth-order valence-corrected chi connectivity index (χ4v) is 1.76. The first-order chi connectivity index (χ1) is 10.1. The molecule has 0 radical (unpaired) electrons. The SMILES string of the molecule is Cc1cn(-c2ccc(NCC(CN)OC=O)cc2F)nn1. The Morgan fingerprint density at radius 3 is 2.95 bits per heavy atom. The van der Waals surface area contributed by atoms with Crippen LogP contribution in [0.15, 0.2) is 24.4 Å². The van der Waals surface area contributed by atoms with Gasteiger partial charge in [-0.05, 0) is 25.1 Å². The van der Waals surface area contributed by atoms with E-state index in [2.05, 4.69) is 15.6 Å². The molecular formula is C13H16FN5O2. The standard InChI is InChI=1S/C13H16FN5O2/c1-9-7-19(18-17-9)13-3-2-10(4-12(13)14)16-6-11(5-15)21-8-20/h2-4,7-8,11,16H,5-6,15H2,1H3. The molecule has 1 unspecified atom stereocenters. The van der Waals surface area contributed by atoms with Gasteiger partial charge in [-0.3, -0.25) is 4.79 Å². The van der Waals surface area contributed by atoms with Crippen LogP contribution in [0.3, 0.4) is 0 Å². The molecule has 2 aromatic rings. The fraction of sp³-hybridized carbons (Fsp3) is 0.308. The molecule has 2 rings (SSSR count). The molecule has 1 aromatic carbocycles. The first kappa shape index (κ1) is 14.9. The highest BCUT2D eigenvalue weighted by Gasteiger charge is 2.10. The van der Waals surface area contributed by atoms with E-state index in [9.17, 15) is 9.18 Å². The van der Waals surface area contributed by atoms with E-state index in [1.807, 2.05) is 0 Å². The van der Waals surface area contributed by atoms with Gasteiger partial charge < -0.3 is 15.8 Å². The Morgan fingerprint density at radius 1 is 1.57 bits per heavy atom. The molecular weight excluding hydrogens is 277 g/mol. The van der Waals surface area contributed by atoms with Crippen LogP contribution >= 0.6 is 0 Å². The van der Waals surface area contributed by atoms with Crippen LogP contribution in [-0.2, 0) is 9.53 Å². The number of nitrogens with zero attached hydrogens (tertiary/aromatic N) is 3. The molecule has 1 atom stereocenters. The predicted molar refractivity (Wildman–Crippen MR) is 74.5 cm³/mol. The summed E-state index contributed by atoms with van der Waals surface area (Å²) in [6.07, 6.45) is 1.18. The van der Waals surface area contributed by atoms with Gasteiger partial charge >= 0.3 is 0 Å². The number of carbonyl (C=O) groups is 1. The second-order valence-corrected chi connectivity index (χ2v) is 4.44. The van der Waals surface area contributed by atoms with Crippen molar-refractivity contribution in [2.24, 2.45) is 5.73 Å². The van der Waals surface area contributed by atoms with Crippen molar-refractivity contribution in [1.82, 2.24) is 15.0 Å². The molecule has 0 amide bonds. The second kappa shape index (κ2) is 6.80. The molecule has 0 fully saturated rings. The van der Waals surface area contributed by atoms with E-state index in [-0.39, 0.29) is 6.54 Å². The van der Waals surface area contributed by atoms with Crippen molar-refractivity contribution >= 4 is 12.2 Å². The zero-order chi connectivity index (χ0) is 15.2. The first-order valence-electron chi connectivity index (χ1n) is 6.36. The lowest BCUT2D eigenvalue weighted by atomic mass is 10.2. The lowest BCUT2D eigenvalue weighted by Gasteiger charge is -2.15. The smallest absolute Gasteiger partial charge is 0.293 e. The van der Waals surface area contributed by atoms with E-state index in [0.29, 0.717) is 30.1 Å². The number of hydrogen-bond acceptors (Lipinski definition) is 6. The van der Waals surface area contributed by atoms with Crippen molar-refractivity contribution in [2.75, 3.05) is 18.4 Å². The number of carbonyl (C=O) groups excluding carboxylic acids is 1. The molecule has 8 heteroatoms. The Balaban J connectivity index is 2.07. The number of benzene rings is 1. The minimum absolute atomic E-state index is 0.185. The van der Waals surface area contributed by atoms with Crippen molar-refractivity contribution < 1.29 is 13.9 Å². The molecule has 0 saturated heterocycles. The Labute approximate surface area is 120 Å². The van der Waals surface area contributed by atoms with Gasteiger partial charge in [-0.25, -0.2) is 9.07 Å². The van der Waals surface area contributed by atoms with E-state index in [1.54, 1.807) is 25.3 Å². The zero-order valence-corrected chi connectivity index (χ0v) is 11.5. The van der Waals surface area contributed by atoms with Crippen LogP contribution in [0.5, 0.6) is 0 Å². The molecule has 0 spiro atoms. The molecule has 1 aromatic heterocycles. The number of nitrogens with one attached hydrogen (secondary N) is 1. The highest BCUT2D eigenvalue weighted by Crippen LogP contribution is 2.17. The summed E-state index contributed by atoms with van der Waals surface area (Å²) in [5, 5.41) is 10.6.